The Morgan fingerprint density at radius 2 is 1.94 bits per heavy atom. The highest BCUT2D eigenvalue weighted by Crippen LogP contribution is 2.18. The number of carbonyl (C=O) groups excluding carboxylic acids is 2. The van der Waals surface area contributed by atoms with Crippen LogP contribution in [0.4, 0.5) is 0 Å². The first kappa shape index (κ1) is 13.0. The number of piperazine rings is 1. The smallest absolute Gasteiger partial charge is 0.264 e. The number of hydrogen-bond acceptors (Lipinski definition) is 4. The summed E-state index contributed by atoms with van der Waals surface area (Å²) in [5.41, 5.74) is 5.15. The molecule has 2 heterocycles. The van der Waals surface area contributed by atoms with E-state index in [1.54, 1.807) is 0 Å². The fourth-order valence-corrected chi connectivity index (χ4v) is 2.87. The molecular formula is C12H17N3O2S. The minimum Gasteiger partial charge on any atom is -0.369 e. The number of thiophene rings is 1. The van der Waals surface area contributed by atoms with Gasteiger partial charge in [-0.15, -0.1) is 11.3 Å². The van der Waals surface area contributed by atoms with Crippen LogP contribution < -0.4 is 5.73 Å². The Balaban J connectivity index is 1.90. The van der Waals surface area contributed by atoms with E-state index in [2.05, 4.69) is 0 Å². The van der Waals surface area contributed by atoms with Gasteiger partial charge in [-0.05, 0) is 19.1 Å². The number of carbonyl (C=O) groups is 2. The van der Waals surface area contributed by atoms with Crippen molar-refractivity contribution in [2.75, 3.05) is 32.7 Å². The van der Waals surface area contributed by atoms with Crippen molar-refractivity contribution >= 4 is 23.2 Å². The molecule has 0 bridgehead atoms. The van der Waals surface area contributed by atoms with Gasteiger partial charge in [0.05, 0.1) is 11.4 Å². The van der Waals surface area contributed by atoms with Crippen molar-refractivity contribution < 1.29 is 9.59 Å². The normalized spacial score (nSPS) is 16.8. The molecule has 2 N–H and O–H groups in total. The standard InChI is InChI=1S/C12H17N3O2S/c1-9-2-3-10(18-9)12(17)15-6-4-14(5-7-15)8-11(13)16/h2-3H,4-8H2,1H3,(H2,13,16). The number of amides is 2. The van der Waals surface area contributed by atoms with Gasteiger partial charge in [0, 0.05) is 31.1 Å². The third-order valence-electron chi connectivity index (χ3n) is 2.99. The Morgan fingerprint density at radius 1 is 1.28 bits per heavy atom. The number of aryl methyl sites for hydroxylation is 1. The second kappa shape index (κ2) is 5.49. The van der Waals surface area contributed by atoms with Crippen LogP contribution in [0, 0.1) is 6.92 Å². The molecule has 0 radical (unpaired) electrons. The number of hydrogen-bond donors (Lipinski definition) is 1. The first-order chi connectivity index (χ1) is 8.56. The molecule has 1 aliphatic rings. The van der Waals surface area contributed by atoms with Crippen molar-refractivity contribution in [1.82, 2.24) is 9.80 Å². The largest absolute Gasteiger partial charge is 0.369 e. The number of primary amides is 1. The van der Waals surface area contributed by atoms with Crippen LogP contribution in [0.25, 0.3) is 0 Å². The van der Waals surface area contributed by atoms with E-state index in [4.69, 9.17) is 5.73 Å². The molecule has 2 amide bonds. The first-order valence-electron chi connectivity index (χ1n) is 5.92. The number of nitrogens with zero attached hydrogens (tertiary/aromatic N) is 2. The summed E-state index contributed by atoms with van der Waals surface area (Å²) >= 11 is 1.52. The van der Waals surface area contributed by atoms with E-state index in [1.165, 1.54) is 11.3 Å². The molecule has 0 atom stereocenters. The maximum absolute atomic E-state index is 12.2. The van der Waals surface area contributed by atoms with Crippen LogP contribution in [-0.4, -0.2) is 54.3 Å². The van der Waals surface area contributed by atoms with Crippen molar-refractivity contribution in [3.8, 4) is 0 Å². The summed E-state index contributed by atoms with van der Waals surface area (Å²) in [5, 5.41) is 0. The molecule has 1 aromatic heterocycles. The molecule has 0 saturated carbocycles. The summed E-state index contributed by atoms with van der Waals surface area (Å²) in [6.45, 7) is 5.00. The molecule has 0 aliphatic carbocycles. The molecule has 6 heteroatoms. The minimum absolute atomic E-state index is 0.0897. The maximum atomic E-state index is 12.2. The Labute approximate surface area is 110 Å². The summed E-state index contributed by atoms with van der Waals surface area (Å²) < 4.78 is 0. The molecular weight excluding hydrogens is 250 g/mol. The third-order valence-corrected chi connectivity index (χ3v) is 3.98. The highest BCUT2D eigenvalue weighted by Gasteiger charge is 2.23. The van der Waals surface area contributed by atoms with Gasteiger partial charge in [-0.25, -0.2) is 0 Å². The predicted molar refractivity (Wildman–Crippen MR) is 70.6 cm³/mol. The van der Waals surface area contributed by atoms with Gasteiger partial charge < -0.3 is 10.6 Å². The topological polar surface area (TPSA) is 66.6 Å². The van der Waals surface area contributed by atoms with Crippen LogP contribution in [0.3, 0.4) is 0 Å². The zero-order valence-corrected chi connectivity index (χ0v) is 11.2. The van der Waals surface area contributed by atoms with Crippen LogP contribution in [0.15, 0.2) is 12.1 Å². The van der Waals surface area contributed by atoms with Gasteiger partial charge in [-0.2, -0.15) is 0 Å². The quantitative estimate of drug-likeness (QED) is 0.856. The first-order valence-corrected chi connectivity index (χ1v) is 6.74. The second-order valence-corrected chi connectivity index (χ2v) is 5.73. The monoisotopic (exact) mass is 267 g/mol. The molecule has 1 fully saturated rings. The van der Waals surface area contributed by atoms with Gasteiger partial charge in [0.2, 0.25) is 5.91 Å². The summed E-state index contributed by atoms with van der Waals surface area (Å²) in [6, 6.07) is 3.83. The van der Waals surface area contributed by atoms with Crippen LogP contribution in [0.1, 0.15) is 14.5 Å². The molecule has 18 heavy (non-hydrogen) atoms. The lowest BCUT2D eigenvalue weighted by Crippen LogP contribution is -2.50. The van der Waals surface area contributed by atoms with Crippen molar-refractivity contribution in [1.29, 1.82) is 0 Å². The van der Waals surface area contributed by atoms with Crippen LogP contribution in [-0.2, 0) is 4.79 Å². The SMILES string of the molecule is Cc1ccc(C(=O)N2CCN(CC(N)=O)CC2)s1. The third kappa shape index (κ3) is 3.08. The van der Waals surface area contributed by atoms with Crippen molar-refractivity contribution in [2.24, 2.45) is 5.73 Å². The zero-order valence-electron chi connectivity index (χ0n) is 10.4. The van der Waals surface area contributed by atoms with Gasteiger partial charge in [0.1, 0.15) is 0 Å². The van der Waals surface area contributed by atoms with E-state index < -0.39 is 0 Å². The second-order valence-electron chi connectivity index (χ2n) is 4.44. The maximum Gasteiger partial charge on any atom is 0.264 e. The lowest BCUT2D eigenvalue weighted by Gasteiger charge is -2.33. The molecule has 2 rings (SSSR count). The van der Waals surface area contributed by atoms with Gasteiger partial charge in [-0.3, -0.25) is 14.5 Å². The molecule has 1 saturated heterocycles. The predicted octanol–water partition coefficient (Wildman–Crippen LogP) is 0.300. The van der Waals surface area contributed by atoms with E-state index in [1.807, 2.05) is 28.9 Å². The summed E-state index contributed by atoms with van der Waals surface area (Å²) in [7, 11) is 0. The van der Waals surface area contributed by atoms with E-state index in [0.29, 0.717) is 26.2 Å². The van der Waals surface area contributed by atoms with Crippen molar-refractivity contribution in [2.45, 2.75) is 6.92 Å². The summed E-state index contributed by atoms with van der Waals surface area (Å²) in [5.74, 6) is -0.226. The molecule has 0 spiro atoms. The van der Waals surface area contributed by atoms with Crippen LogP contribution in [0.2, 0.25) is 0 Å². The Bertz CT molecular complexity index is 450. The average molecular weight is 267 g/mol. The summed E-state index contributed by atoms with van der Waals surface area (Å²) in [6.07, 6.45) is 0. The van der Waals surface area contributed by atoms with E-state index >= 15 is 0 Å². The number of nitrogens with two attached hydrogens (primary N) is 1. The Hall–Kier alpha value is -1.40. The lowest BCUT2D eigenvalue weighted by molar-refractivity contribution is -0.119. The Kier molecular flexibility index (Phi) is 3.98. The molecule has 0 aromatic carbocycles. The average Bonchev–Trinajstić information content (AvgIpc) is 2.75. The molecule has 98 valence electrons. The summed E-state index contributed by atoms with van der Waals surface area (Å²) in [4.78, 5) is 28.7. The van der Waals surface area contributed by atoms with Crippen LogP contribution >= 0.6 is 11.3 Å². The molecule has 1 aromatic rings. The highest BCUT2D eigenvalue weighted by atomic mass is 32.1. The zero-order chi connectivity index (χ0) is 13.1. The fourth-order valence-electron chi connectivity index (χ4n) is 2.03. The van der Waals surface area contributed by atoms with Gasteiger partial charge in [0.25, 0.3) is 5.91 Å². The van der Waals surface area contributed by atoms with E-state index in [0.717, 1.165) is 9.75 Å². The lowest BCUT2D eigenvalue weighted by atomic mass is 10.3. The van der Waals surface area contributed by atoms with Gasteiger partial charge in [-0.1, -0.05) is 0 Å². The van der Waals surface area contributed by atoms with Crippen molar-refractivity contribution in [3.63, 3.8) is 0 Å². The van der Waals surface area contributed by atoms with E-state index in [9.17, 15) is 9.59 Å². The van der Waals surface area contributed by atoms with Gasteiger partial charge >= 0.3 is 0 Å². The van der Waals surface area contributed by atoms with Crippen molar-refractivity contribution in [3.05, 3.63) is 21.9 Å². The highest BCUT2D eigenvalue weighted by molar-refractivity contribution is 7.13. The fraction of sp³-hybridized carbons (Fsp3) is 0.500. The molecule has 5 nitrogen and oxygen atoms in total. The number of rotatable bonds is 3. The molecule has 0 unspecified atom stereocenters. The minimum atomic E-state index is -0.316. The van der Waals surface area contributed by atoms with E-state index in [-0.39, 0.29) is 18.4 Å². The van der Waals surface area contributed by atoms with Gasteiger partial charge in [0.15, 0.2) is 0 Å². The van der Waals surface area contributed by atoms with Crippen LogP contribution in [0.5, 0.6) is 0 Å². The Morgan fingerprint density at radius 3 is 2.44 bits per heavy atom. The molecule has 1 aliphatic heterocycles.